The molecule has 1 N–H and O–H groups in total. The number of aromatic nitrogens is 1. The van der Waals surface area contributed by atoms with Gasteiger partial charge in [-0.1, -0.05) is 19.9 Å². The molecule has 0 saturated carbocycles. The monoisotopic (exact) mass is 279 g/mol. The van der Waals surface area contributed by atoms with E-state index in [0.717, 1.165) is 5.56 Å². The predicted molar refractivity (Wildman–Crippen MR) is 74.2 cm³/mol. The molecule has 0 aromatic carbocycles. The zero-order valence-corrected chi connectivity index (χ0v) is 12.3. The fourth-order valence-corrected chi connectivity index (χ4v) is 2.15. The molecule has 110 valence electrons. The molecular formula is C15H21NO4. The van der Waals surface area contributed by atoms with Crippen molar-refractivity contribution in [3.05, 3.63) is 29.6 Å². The van der Waals surface area contributed by atoms with Crippen LogP contribution in [-0.4, -0.2) is 28.6 Å². The highest BCUT2D eigenvalue weighted by Gasteiger charge is 2.51. The Balaban J connectivity index is 3.27. The average molecular weight is 279 g/mol. The van der Waals surface area contributed by atoms with Crippen LogP contribution in [0, 0.1) is 18.3 Å². The van der Waals surface area contributed by atoms with E-state index < -0.39 is 23.3 Å². The van der Waals surface area contributed by atoms with Gasteiger partial charge >= 0.3 is 11.9 Å². The average Bonchev–Trinajstić information content (AvgIpc) is 2.37. The number of carbonyl (C=O) groups excluding carboxylic acids is 1. The lowest BCUT2D eigenvalue weighted by Gasteiger charge is -2.30. The van der Waals surface area contributed by atoms with Gasteiger partial charge in [0.25, 0.3) is 0 Å². The van der Waals surface area contributed by atoms with Gasteiger partial charge in [0.05, 0.1) is 6.61 Å². The van der Waals surface area contributed by atoms with Gasteiger partial charge in [0.1, 0.15) is 0 Å². The molecule has 0 amide bonds. The smallest absolute Gasteiger partial charge is 0.324 e. The van der Waals surface area contributed by atoms with E-state index in [4.69, 9.17) is 4.74 Å². The Kier molecular flexibility index (Phi) is 5.25. The van der Waals surface area contributed by atoms with Gasteiger partial charge in [-0.05, 0) is 31.4 Å². The van der Waals surface area contributed by atoms with Gasteiger partial charge in [-0.25, -0.2) is 0 Å². The van der Waals surface area contributed by atoms with Crippen molar-refractivity contribution in [1.82, 2.24) is 4.98 Å². The van der Waals surface area contributed by atoms with E-state index in [9.17, 15) is 14.7 Å². The fraction of sp³-hybridized carbons (Fsp3) is 0.533. The molecule has 1 heterocycles. The van der Waals surface area contributed by atoms with Crippen LogP contribution in [0.2, 0.25) is 0 Å². The first-order valence-corrected chi connectivity index (χ1v) is 6.67. The number of nitrogens with zero attached hydrogens (tertiary/aromatic N) is 1. The quantitative estimate of drug-likeness (QED) is 0.638. The number of carboxylic acids is 1. The summed E-state index contributed by atoms with van der Waals surface area (Å²) >= 11 is 0. The number of hydrogen-bond donors (Lipinski definition) is 1. The number of pyridine rings is 1. The standard InChI is InChI=1S/C15H21NO4/c1-5-20-14(19)15(10(2)3,13(17)18)9-12-11(4)7-6-8-16-12/h6-8,10H,5,9H2,1-4H3,(H,17,18). The van der Waals surface area contributed by atoms with Gasteiger partial charge in [0, 0.05) is 18.3 Å². The Labute approximate surface area is 119 Å². The van der Waals surface area contributed by atoms with Gasteiger partial charge < -0.3 is 9.84 Å². The molecule has 1 unspecified atom stereocenters. The molecule has 5 heteroatoms. The van der Waals surface area contributed by atoms with E-state index in [1.54, 1.807) is 33.0 Å². The normalized spacial score (nSPS) is 13.8. The molecule has 20 heavy (non-hydrogen) atoms. The third-order valence-electron chi connectivity index (χ3n) is 3.57. The summed E-state index contributed by atoms with van der Waals surface area (Å²) in [6.07, 6.45) is 1.63. The van der Waals surface area contributed by atoms with Gasteiger partial charge in [-0.3, -0.25) is 14.6 Å². The van der Waals surface area contributed by atoms with Crippen molar-refractivity contribution in [1.29, 1.82) is 0 Å². The SMILES string of the molecule is CCOC(=O)C(Cc1ncccc1C)(C(=O)O)C(C)C. The minimum absolute atomic E-state index is 0.0332. The summed E-state index contributed by atoms with van der Waals surface area (Å²) in [5.74, 6) is -2.27. The first kappa shape index (κ1) is 16.1. The molecule has 1 rings (SSSR count). The number of aliphatic carboxylic acids is 1. The zero-order valence-electron chi connectivity index (χ0n) is 12.3. The fourth-order valence-electron chi connectivity index (χ4n) is 2.15. The van der Waals surface area contributed by atoms with Crippen molar-refractivity contribution in [2.24, 2.45) is 11.3 Å². The lowest BCUT2D eigenvalue weighted by Crippen LogP contribution is -2.47. The predicted octanol–water partition coefficient (Wildman–Crippen LogP) is 2.22. The molecule has 0 bridgehead atoms. The van der Waals surface area contributed by atoms with E-state index in [1.165, 1.54) is 0 Å². The lowest BCUT2D eigenvalue weighted by molar-refractivity contribution is -0.172. The van der Waals surface area contributed by atoms with E-state index in [1.807, 2.05) is 13.0 Å². The number of carboxylic acid groups (broad SMARTS) is 1. The number of rotatable bonds is 6. The van der Waals surface area contributed by atoms with Gasteiger partial charge in [-0.15, -0.1) is 0 Å². The van der Waals surface area contributed by atoms with Crippen LogP contribution in [0.4, 0.5) is 0 Å². The maximum absolute atomic E-state index is 12.2. The lowest BCUT2D eigenvalue weighted by atomic mass is 9.73. The second-order valence-electron chi connectivity index (χ2n) is 5.10. The second kappa shape index (κ2) is 6.50. The van der Waals surface area contributed by atoms with Gasteiger partial charge in [-0.2, -0.15) is 0 Å². The summed E-state index contributed by atoms with van der Waals surface area (Å²) in [6.45, 7) is 7.09. The summed E-state index contributed by atoms with van der Waals surface area (Å²) in [6, 6.07) is 3.63. The Bertz CT molecular complexity index is 498. The van der Waals surface area contributed by atoms with Crippen LogP contribution in [0.5, 0.6) is 0 Å². The largest absolute Gasteiger partial charge is 0.480 e. The van der Waals surface area contributed by atoms with Gasteiger partial charge in [0.15, 0.2) is 5.41 Å². The zero-order chi connectivity index (χ0) is 15.3. The van der Waals surface area contributed by atoms with Crippen LogP contribution < -0.4 is 0 Å². The number of hydrogen-bond acceptors (Lipinski definition) is 4. The Hall–Kier alpha value is -1.91. The Morgan fingerprint density at radius 2 is 2.10 bits per heavy atom. The summed E-state index contributed by atoms with van der Waals surface area (Å²) in [7, 11) is 0. The van der Waals surface area contributed by atoms with E-state index >= 15 is 0 Å². The minimum atomic E-state index is -1.60. The molecule has 1 aromatic rings. The minimum Gasteiger partial charge on any atom is -0.480 e. The maximum atomic E-state index is 12.2. The highest BCUT2D eigenvalue weighted by atomic mass is 16.5. The summed E-state index contributed by atoms with van der Waals surface area (Å²) in [5, 5.41) is 9.61. The van der Waals surface area contributed by atoms with Crippen molar-refractivity contribution >= 4 is 11.9 Å². The van der Waals surface area contributed by atoms with Crippen molar-refractivity contribution in [3.63, 3.8) is 0 Å². The first-order valence-electron chi connectivity index (χ1n) is 6.67. The summed E-state index contributed by atoms with van der Waals surface area (Å²) < 4.78 is 4.99. The molecule has 0 radical (unpaired) electrons. The van der Waals surface area contributed by atoms with E-state index in [0.29, 0.717) is 5.69 Å². The highest BCUT2D eigenvalue weighted by Crippen LogP contribution is 2.34. The Morgan fingerprint density at radius 3 is 2.55 bits per heavy atom. The number of carbonyl (C=O) groups is 2. The molecule has 0 aliphatic rings. The Morgan fingerprint density at radius 1 is 1.45 bits per heavy atom. The van der Waals surface area contributed by atoms with Crippen LogP contribution in [0.25, 0.3) is 0 Å². The van der Waals surface area contributed by atoms with Crippen LogP contribution in [0.1, 0.15) is 32.0 Å². The van der Waals surface area contributed by atoms with Crippen LogP contribution in [0.15, 0.2) is 18.3 Å². The molecule has 5 nitrogen and oxygen atoms in total. The van der Waals surface area contributed by atoms with Crippen LogP contribution in [0.3, 0.4) is 0 Å². The maximum Gasteiger partial charge on any atom is 0.324 e. The summed E-state index contributed by atoms with van der Waals surface area (Å²) in [5.41, 5.74) is -0.130. The van der Waals surface area contributed by atoms with Crippen molar-refractivity contribution < 1.29 is 19.4 Å². The van der Waals surface area contributed by atoms with E-state index in [-0.39, 0.29) is 13.0 Å². The van der Waals surface area contributed by atoms with Crippen molar-refractivity contribution in [2.75, 3.05) is 6.61 Å². The number of esters is 1. The van der Waals surface area contributed by atoms with Gasteiger partial charge in [0.2, 0.25) is 0 Å². The molecular weight excluding hydrogens is 258 g/mol. The molecule has 0 aliphatic carbocycles. The van der Waals surface area contributed by atoms with Crippen LogP contribution in [-0.2, 0) is 20.7 Å². The second-order valence-corrected chi connectivity index (χ2v) is 5.10. The van der Waals surface area contributed by atoms with Crippen LogP contribution >= 0.6 is 0 Å². The van der Waals surface area contributed by atoms with E-state index in [2.05, 4.69) is 4.98 Å². The third-order valence-corrected chi connectivity index (χ3v) is 3.57. The molecule has 1 atom stereocenters. The molecule has 0 fully saturated rings. The molecule has 1 aromatic heterocycles. The summed E-state index contributed by atoms with van der Waals surface area (Å²) in [4.78, 5) is 28.2. The number of aryl methyl sites for hydroxylation is 1. The molecule has 0 saturated heterocycles. The third kappa shape index (κ3) is 2.98. The highest BCUT2D eigenvalue weighted by molar-refractivity contribution is 5.99. The number of ether oxygens (including phenoxy) is 1. The first-order chi connectivity index (χ1) is 9.36. The molecule has 0 aliphatic heterocycles. The molecule has 0 spiro atoms. The van der Waals surface area contributed by atoms with Crippen molar-refractivity contribution in [3.8, 4) is 0 Å². The van der Waals surface area contributed by atoms with Crippen molar-refractivity contribution in [2.45, 2.75) is 34.1 Å². The topological polar surface area (TPSA) is 76.5 Å².